The van der Waals surface area contributed by atoms with E-state index >= 15 is 0 Å². The number of anilines is 1. The zero-order valence-corrected chi connectivity index (χ0v) is 18.9. The topological polar surface area (TPSA) is 97.7 Å². The quantitative estimate of drug-likeness (QED) is 0.349. The molecule has 0 saturated heterocycles. The van der Waals surface area contributed by atoms with Crippen molar-refractivity contribution in [1.82, 2.24) is 10.3 Å². The van der Waals surface area contributed by atoms with Gasteiger partial charge in [-0.3, -0.25) is 5.41 Å². The third kappa shape index (κ3) is 4.60. The van der Waals surface area contributed by atoms with Gasteiger partial charge in [-0.1, -0.05) is 6.07 Å². The highest BCUT2D eigenvalue weighted by Gasteiger charge is 2.15. The predicted octanol–water partition coefficient (Wildman–Crippen LogP) is 4.27. The van der Waals surface area contributed by atoms with E-state index in [1.807, 2.05) is 41.8 Å². The molecular weight excluding hydrogens is 472 g/mol. The van der Waals surface area contributed by atoms with E-state index in [1.54, 1.807) is 14.2 Å². The summed E-state index contributed by atoms with van der Waals surface area (Å²) in [4.78, 5) is 4.55. The molecule has 0 spiro atoms. The summed E-state index contributed by atoms with van der Waals surface area (Å²) in [7, 11) is 3.21. The lowest BCUT2D eigenvalue weighted by molar-refractivity contribution is 0.174. The average molecular weight is 493 g/mol. The van der Waals surface area contributed by atoms with Crippen molar-refractivity contribution < 1.29 is 18.9 Å². The van der Waals surface area contributed by atoms with Crippen molar-refractivity contribution in [2.45, 2.75) is 6.54 Å². The van der Waals surface area contributed by atoms with E-state index in [0.717, 1.165) is 22.6 Å². The number of nitrogens with one attached hydrogen (secondary N) is 3. The van der Waals surface area contributed by atoms with Gasteiger partial charge in [0.25, 0.3) is 0 Å². The van der Waals surface area contributed by atoms with E-state index in [1.165, 1.54) is 11.3 Å². The molecule has 0 bridgehead atoms. The van der Waals surface area contributed by atoms with Gasteiger partial charge in [0.2, 0.25) is 6.79 Å². The molecule has 158 valence electrons. The monoisotopic (exact) mass is 492 g/mol. The van der Waals surface area contributed by atoms with Crippen LogP contribution in [0.3, 0.4) is 0 Å². The van der Waals surface area contributed by atoms with Crippen LogP contribution in [0.25, 0.3) is 11.3 Å². The highest BCUT2D eigenvalue weighted by atomic mass is 79.9. The second kappa shape index (κ2) is 9.68. The molecule has 0 fully saturated rings. The number of nitrogens with zero attached hydrogens (tertiary/aromatic N) is 1. The zero-order chi connectivity index (χ0) is 20.2. The molecule has 3 N–H and O–H groups in total. The van der Waals surface area contributed by atoms with Crippen molar-refractivity contribution >= 4 is 39.4 Å². The molecule has 2 heterocycles. The number of guanidine groups is 1. The molecule has 2 aromatic carbocycles. The first-order chi connectivity index (χ1) is 14.2. The summed E-state index contributed by atoms with van der Waals surface area (Å²) >= 11 is 1.42. The molecule has 1 aliphatic rings. The molecule has 0 amide bonds. The minimum atomic E-state index is 0. The first-order valence-electron chi connectivity index (χ1n) is 8.83. The fourth-order valence-electron chi connectivity index (χ4n) is 2.95. The Morgan fingerprint density at radius 2 is 1.87 bits per heavy atom. The van der Waals surface area contributed by atoms with Gasteiger partial charge in [0.1, 0.15) is 11.5 Å². The predicted molar refractivity (Wildman–Crippen MR) is 122 cm³/mol. The second-order valence-corrected chi connectivity index (χ2v) is 6.96. The maximum absolute atomic E-state index is 8.17. The van der Waals surface area contributed by atoms with Crippen LogP contribution in [-0.4, -0.2) is 32.0 Å². The Labute approximate surface area is 188 Å². The van der Waals surface area contributed by atoms with Gasteiger partial charge >= 0.3 is 0 Å². The first-order valence-corrected chi connectivity index (χ1v) is 9.70. The van der Waals surface area contributed by atoms with Crippen molar-refractivity contribution in [3.8, 4) is 34.3 Å². The molecule has 4 rings (SSSR count). The van der Waals surface area contributed by atoms with Crippen LogP contribution in [0.15, 0.2) is 41.8 Å². The number of ether oxygens (including phenoxy) is 4. The summed E-state index contributed by atoms with van der Waals surface area (Å²) in [5, 5.41) is 16.7. The van der Waals surface area contributed by atoms with E-state index in [9.17, 15) is 0 Å². The third-order valence-corrected chi connectivity index (χ3v) is 5.13. The molecule has 8 nitrogen and oxygen atoms in total. The minimum Gasteiger partial charge on any atom is -0.496 e. The number of hydrogen-bond acceptors (Lipinski definition) is 7. The Bertz CT molecular complexity index is 1020. The molecule has 3 aromatic rings. The summed E-state index contributed by atoms with van der Waals surface area (Å²) in [5.41, 5.74) is 2.57. The molecular formula is C20H21BrN4O4S. The van der Waals surface area contributed by atoms with Gasteiger partial charge in [-0.15, -0.1) is 28.3 Å². The van der Waals surface area contributed by atoms with Crippen LogP contribution < -0.4 is 29.6 Å². The lowest BCUT2D eigenvalue weighted by Crippen LogP contribution is -2.29. The molecule has 0 radical (unpaired) electrons. The number of fused-ring (bicyclic) bond motifs is 1. The minimum absolute atomic E-state index is 0. The molecule has 1 aliphatic heterocycles. The van der Waals surface area contributed by atoms with Crippen LogP contribution in [0.4, 0.5) is 5.13 Å². The van der Waals surface area contributed by atoms with E-state index in [-0.39, 0.29) is 29.7 Å². The number of methoxy groups -OCH3 is 2. The summed E-state index contributed by atoms with van der Waals surface area (Å²) < 4.78 is 21.5. The molecule has 0 saturated carbocycles. The smallest absolute Gasteiger partial charge is 0.231 e. The van der Waals surface area contributed by atoms with Crippen molar-refractivity contribution in [2.75, 3.05) is 26.3 Å². The van der Waals surface area contributed by atoms with Crippen molar-refractivity contribution in [3.05, 3.63) is 47.3 Å². The fraction of sp³-hybridized carbons (Fsp3) is 0.200. The zero-order valence-electron chi connectivity index (χ0n) is 16.4. The van der Waals surface area contributed by atoms with Crippen LogP contribution in [0.1, 0.15) is 5.56 Å². The highest BCUT2D eigenvalue weighted by molar-refractivity contribution is 8.93. The van der Waals surface area contributed by atoms with E-state index < -0.39 is 0 Å². The third-order valence-electron chi connectivity index (χ3n) is 4.38. The molecule has 30 heavy (non-hydrogen) atoms. The SMILES string of the molecule is Br.COc1cccc(OC)c1CNC(=N)Nc1nc(-c2ccc3c(c2)OCO3)cs1. The van der Waals surface area contributed by atoms with Gasteiger partial charge in [0, 0.05) is 10.9 Å². The molecule has 10 heteroatoms. The fourth-order valence-corrected chi connectivity index (χ4v) is 3.67. The Morgan fingerprint density at radius 1 is 1.13 bits per heavy atom. The Kier molecular flexibility index (Phi) is 7.01. The molecule has 1 aromatic heterocycles. The summed E-state index contributed by atoms with van der Waals surface area (Å²) in [6.07, 6.45) is 0. The van der Waals surface area contributed by atoms with Crippen LogP contribution in [0, 0.1) is 5.41 Å². The summed E-state index contributed by atoms with van der Waals surface area (Å²) in [5.74, 6) is 2.97. The Morgan fingerprint density at radius 3 is 2.60 bits per heavy atom. The number of hydrogen-bond donors (Lipinski definition) is 3. The van der Waals surface area contributed by atoms with Crippen molar-refractivity contribution in [1.29, 1.82) is 5.41 Å². The van der Waals surface area contributed by atoms with Crippen molar-refractivity contribution in [3.63, 3.8) is 0 Å². The van der Waals surface area contributed by atoms with Gasteiger partial charge in [-0.25, -0.2) is 4.98 Å². The Balaban J connectivity index is 0.00000256. The maximum atomic E-state index is 8.17. The van der Waals surface area contributed by atoms with Crippen LogP contribution in [0.2, 0.25) is 0 Å². The molecule has 0 atom stereocenters. The highest BCUT2D eigenvalue weighted by Crippen LogP contribution is 2.36. The second-order valence-electron chi connectivity index (χ2n) is 6.10. The number of rotatable bonds is 6. The maximum Gasteiger partial charge on any atom is 0.231 e. The van der Waals surface area contributed by atoms with Gasteiger partial charge in [0.05, 0.1) is 32.0 Å². The number of halogens is 1. The first kappa shape index (κ1) is 21.7. The van der Waals surface area contributed by atoms with Gasteiger partial charge in [-0.05, 0) is 30.3 Å². The molecule has 0 aliphatic carbocycles. The number of aromatic nitrogens is 1. The number of thiazole rings is 1. The molecule has 0 unspecified atom stereocenters. The normalized spacial score (nSPS) is 11.4. The lowest BCUT2D eigenvalue weighted by Gasteiger charge is -2.14. The summed E-state index contributed by atoms with van der Waals surface area (Å²) in [6, 6.07) is 11.3. The van der Waals surface area contributed by atoms with E-state index in [2.05, 4.69) is 15.6 Å². The van der Waals surface area contributed by atoms with E-state index in [4.69, 9.17) is 24.4 Å². The lowest BCUT2D eigenvalue weighted by atomic mass is 10.1. The standard InChI is InChI=1S/C20H20N4O4S.BrH/c1-25-15-4-3-5-16(26-2)13(15)9-22-19(21)24-20-23-14(10-29-20)12-6-7-17-18(8-12)28-11-27-17;/h3-8,10H,9,11H2,1-2H3,(H3,21,22,23,24);1H. The number of benzene rings is 2. The van der Waals surface area contributed by atoms with Crippen LogP contribution in [0.5, 0.6) is 23.0 Å². The van der Waals surface area contributed by atoms with Gasteiger partial charge < -0.3 is 29.6 Å². The summed E-state index contributed by atoms with van der Waals surface area (Å²) in [6.45, 7) is 0.613. The average Bonchev–Trinajstić information content (AvgIpc) is 3.40. The van der Waals surface area contributed by atoms with E-state index in [0.29, 0.717) is 28.9 Å². The van der Waals surface area contributed by atoms with Crippen molar-refractivity contribution in [2.24, 2.45) is 0 Å². The van der Waals surface area contributed by atoms with Gasteiger partial charge in [0.15, 0.2) is 22.6 Å². The van der Waals surface area contributed by atoms with Crippen LogP contribution >= 0.6 is 28.3 Å². The Hall–Kier alpha value is -2.98. The van der Waals surface area contributed by atoms with Gasteiger partial charge in [-0.2, -0.15) is 0 Å². The van der Waals surface area contributed by atoms with Crippen LogP contribution in [-0.2, 0) is 6.54 Å². The largest absolute Gasteiger partial charge is 0.496 e.